The Morgan fingerprint density at radius 2 is 1.44 bits per heavy atom. The highest BCUT2D eigenvalue weighted by molar-refractivity contribution is 5.78. The lowest BCUT2D eigenvalue weighted by Gasteiger charge is -2.22. The normalized spacial score (nSPS) is 13.4. The molecule has 0 fully saturated rings. The minimum Gasteiger partial charge on any atom is -0.449 e. The standard InChI is InChI=1S/C27H16F6N2O6/c28-26(29,30)15-3-6-18-13(9-15)1-2-14-10-16(27(31,32)33)4-7-19(14)22(18)20-12-35(24(37)34-23(20)36)11-17-5-8-21(40-17)41-25(38)39/h1-10,12,22H,11H2,(H,38,39)(H,34,36,37). The number of rotatable bonds is 4. The molecule has 8 nitrogen and oxygen atoms in total. The fourth-order valence-corrected chi connectivity index (χ4v) is 4.60. The summed E-state index contributed by atoms with van der Waals surface area (Å²) in [7, 11) is 0. The third kappa shape index (κ3) is 5.53. The van der Waals surface area contributed by atoms with Gasteiger partial charge in [0.05, 0.1) is 17.7 Å². The van der Waals surface area contributed by atoms with E-state index in [4.69, 9.17) is 9.52 Å². The number of aromatic amines is 1. The van der Waals surface area contributed by atoms with Crippen LogP contribution in [0.5, 0.6) is 5.95 Å². The van der Waals surface area contributed by atoms with Gasteiger partial charge in [0.25, 0.3) is 11.5 Å². The molecule has 0 radical (unpaired) electrons. The molecule has 5 rings (SSSR count). The Morgan fingerprint density at radius 3 is 1.95 bits per heavy atom. The summed E-state index contributed by atoms with van der Waals surface area (Å²) in [4.78, 5) is 38.6. The number of carbonyl (C=O) groups is 1. The molecule has 0 bridgehead atoms. The lowest BCUT2D eigenvalue weighted by Crippen LogP contribution is -2.33. The number of alkyl halides is 6. The molecule has 0 aliphatic heterocycles. The molecule has 1 aliphatic carbocycles. The Labute approximate surface area is 224 Å². The first kappa shape index (κ1) is 27.6. The smallest absolute Gasteiger partial charge is 0.449 e. The maximum absolute atomic E-state index is 13.5. The number of ether oxygens (including phenoxy) is 1. The van der Waals surface area contributed by atoms with Crippen molar-refractivity contribution in [3.63, 3.8) is 0 Å². The second-order valence-corrected chi connectivity index (χ2v) is 9.01. The van der Waals surface area contributed by atoms with E-state index in [1.807, 2.05) is 0 Å². The van der Waals surface area contributed by atoms with E-state index in [0.717, 1.165) is 47.2 Å². The third-order valence-corrected chi connectivity index (χ3v) is 6.39. The number of nitrogens with zero attached hydrogens (tertiary/aromatic N) is 1. The monoisotopic (exact) mass is 578 g/mol. The van der Waals surface area contributed by atoms with Gasteiger partial charge in [-0.3, -0.25) is 14.3 Å². The first-order valence-corrected chi connectivity index (χ1v) is 11.6. The Hall–Kier alpha value is -5.01. The molecule has 2 aromatic carbocycles. The van der Waals surface area contributed by atoms with Crippen LogP contribution < -0.4 is 16.0 Å². The lowest BCUT2D eigenvalue weighted by molar-refractivity contribution is -0.138. The molecule has 14 heteroatoms. The van der Waals surface area contributed by atoms with Gasteiger partial charge in [0, 0.05) is 23.7 Å². The average molecular weight is 578 g/mol. The van der Waals surface area contributed by atoms with Crippen LogP contribution in [-0.4, -0.2) is 20.8 Å². The molecular formula is C27H16F6N2O6. The second-order valence-electron chi connectivity index (χ2n) is 9.01. The lowest BCUT2D eigenvalue weighted by atomic mass is 9.82. The van der Waals surface area contributed by atoms with E-state index in [1.54, 1.807) is 0 Å². The zero-order valence-electron chi connectivity index (χ0n) is 20.3. The van der Waals surface area contributed by atoms with Crippen LogP contribution in [0.2, 0.25) is 0 Å². The number of carboxylic acid groups (broad SMARTS) is 1. The van der Waals surface area contributed by atoms with Crippen LogP contribution in [0, 0.1) is 0 Å². The summed E-state index contributed by atoms with van der Waals surface area (Å²) < 4.78 is 91.4. The van der Waals surface area contributed by atoms with Crippen LogP contribution >= 0.6 is 0 Å². The number of nitrogens with one attached hydrogen (secondary N) is 1. The minimum atomic E-state index is -4.71. The van der Waals surface area contributed by atoms with Crippen molar-refractivity contribution in [2.75, 3.05) is 0 Å². The third-order valence-electron chi connectivity index (χ3n) is 6.39. The van der Waals surface area contributed by atoms with E-state index in [-0.39, 0.29) is 46.1 Å². The highest BCUT2D eigenvalue weighted by Gasteiger charge is 2.35. The summed E-state index contributed by atoms with van der Waals surface area (Å²) in [6, 6.07) is 8.01. The van der Waals surface area contributed by atoms with Gasteiger partial charge < -0.3 is 14.3 Å². The van der Waals surface area contributed by atoms with E-state index >= 15 is 0 Å². The van der Waals surface area contributed by atoms with Gasteiger partial charge in [0.2, 0.25) is 0 Å². The number of H-pyrrole nitrogens is 1. The highest BCUT2D eigenvalue weighted by Crippen LogP contribution is 2.42. The van der Waals surface area contributed by atoms with Gasteiger partial charge in [0.15, 0.2) is 0 Å². The van der Waals surface area contributed by atoms with E-state index < -0.39 is 46.8 Å². The number of benzene rings is 2. The van der Waals surface area contributed by atoms with Crippen LogP contribution in [0.1, 0.15) is 50.6 Å². The van der Waals surface area contributed by atoms with Gasteiger partial charge in [0.1, 0.15) is 5.76 Å². The van der Waals surface area contributed by atoms with E-state index in [0.29, 0.717) is 0 Å². The SMILES string of the molecule is O=C(O)Oc1ccc(Cn2cc(C3c4ccc(C(F)(F)F)cc4C=Cc4cc(C(F)(F)F)ccc43)c(=O)[nH]c2=O)o1. The number of fused-ring (bicyclic) bond motifs is 2. The second kappa shape index (κ2) is 9.87. The summed E-state index contributed by atoms with van der Waals surface area (Å²) in [6.45, 7) is -0.323. The van der Waals surface area contributed by atoms with Crippen molar-refractivity contribution in [1.29, 1.82) is 0 Å². The van der Waals surface area contributed by atoms with Crippen molar-refractivity contribution >= 4 is 18.3 Å². The zero-order chi connectivity index (χ0) is 29.7. The Kier molecular flexibility index (Phi) is 6.63. The quantitative estimate of drug-likeness (QED) is 0.202. The number of hydrogen-bond donors (Lipinski definition) is 2. The molecule has 0 amide bonds. The summed E-state index contributed by atoms with van der Waals surface area (Å²) in [6.07, 6.45) is -7.46. The number of hydrogen-bond acceptors (Lipinski definition) is 5. The first-order valence-electron chi connectivity index (χ1n) is 11.6. The molecule has 41 heavy (non-hydrogen) atoms. The summed E-state index contributed by atoms with van der Waals surface area (Å²) in [5, 5.41) is 8.72. The zero-order valence-corrected chi connectivity index (χ0v) is 20.3. The van der Waals surface area contributed by atoms with Crippen molar-refractivity contribution in [2.24, 2.45) is 0 Å². The van der Waals surface area contributed by atoms with Crippen molar-refractivity contribution in [3.8, 4) is 5.95 Å². The van der Waals surface area contributed by atoms with Gasteiger partial charge in [-0.15, -0.1) is 0 Å². The van der Waals surface area contributed by atoms with E-state index in [1.165, 1.54) is 24.3 Å². The fraction of sp³-hybridized carbons (Fsp3) is 0.148. The molecule has 0 atom stereocenters. The average Bonchev–Trinajstić information content (AvgIpc) is 3.23. The van der Waals surface area contributed by atoms with E-state index in [2.05, 4.69) is 9.72 Å². The topological polar surface area (TPSA) is 115 Å². The van der Waals surface area contributed by atoms with Gasteiger partial charge in [-0.05, 0) is 52.6 Å². The largest absolute Gasteiger partial charge is 0.513 e. The summed E-state index contributed by atoms with van der Waals surface area (Å²) in [5.74, 6) is -1.52. The molecular weight excluding hydrogens is 562 g/mol. The Morgan fingerprint density at radius 1 is 0.878 bits per heavy atom. The molecule has 0 spiro atoms. The Bertz CT molecular complexity index is 1740. The maximum atomic E-state index is 13.5. The van der Waals surface area contributed by atoms with Gasteiger partial charge in [-0.2, -0.15) is 26.3 Å². The van der Waals surface area contributed by atoms with Crippen molar-refractivity contribution in [3.05, 3.63) is 120 Å². The fourth-order valence-electron chi connectivity index (χ4n) is 4.60. The number of aromatic nitrogens is 2. The van der Waals surface area contributed by atoms with Crippen LogP contribution in [0.4, 0.5) is 31.1 Å². The van der Waals surface area contributed by atoms with E-state index in [9.17, 15) is 40.7 Å². The molecule has 4 aromatic rings. The summed E-state index contributed by atoms with van der Waals surface area (Å²) >= 11 is 0. The Balaban J connectivity index is 1.68. The molecule has 0 unspecified atom stereocenters. The van der Waals surface area contributed by atoms with Gasteiger partial charge in [-0.1, -0.05) is 24.3 Å². The highest BCUT2D eigenvalue weighted by atomic mass is 19.4. The predicted octanol–water partition coefficient (Wildman–Crippen LogP) is 5.94. The first-order chi connectivity index (χ1) is 19.2. The van der Waals surface area contributed by atoms with Crippen LogP contribution in [-0.2, 0) is 18.9 Å². The van der Waals surface area contributed by atoms with Gasteiger partial charge in [-0.25, -0.2) is 9.59 Å². The van der Waals surface area contributed by atoms with Crippen LogP contribution in [0.3, 0.4) is 0 Å². The van der Waals surface area contributed by atoms with Crippen molar-refractivity contribution in [1.82, 2.24) is 9.55 Å². The molecule has 0 saturated carbocycles. The molecule has 2 aromatic heterocycles. The van der Waals surface area contributed by atoms with Crippen molar-refractivity contribution < 1.29 is 45.4 Å². The number of halogens is 6. The number of furan rings is 1. The van der Waals surface area contributed by atoms with Crippen LogP contribution in [0.25, 0.3) is 12.2 Å². The molecule has 0 saturated heterocycles. The molecule has 2 N–H and O–H groups in total. The summed E-state index contributed by atoms with van der Waals surface area (Å²) in [5.41, 5.74) is -3.59. The minimum absolute atomic E-state index is 0.00762. The molecule has 212 valence electrons. The van der Waals surface area contributed by atoms with Crippen molar-refractivity contribution in [2.45, 2.75) is 24.8 Å². The van der Waals surface area contributed by atoms with Crippen LogP contribution in [0.15, 0.2) is 68.7 Å². The molecule has 2 heterocycles. The van der Waals surface area contributed by atoms with Gasteiger partial charge >= 0.3 is 24.2 Å². The predicted molar refractivity (Wildman–Crippen MR) is 131 cm³/mol. The maximum Gasteiger partial charge on any atom is 0.513 e. The molecule has 1 aliphatic rings.